The van der Waals surface area contributed by atoms with E-state index in [4.69, 9.17) is 10.6 Å². The minimum absolute atomic E-state index is 0.0900. The van der Waals surface area contributed by atoms with E-state index < -0.39 is 18.0 Å². The van der Waals surface area contributed by atoms with Gasteiger partial charge in [0.15, 0.2) is 0 Å². The largest absolute Gasteiger partial charge is 0.445 e. The maximum atomic E-state index is 11.6. The number of alkyl carbamates (subject to hydrolysis) is 1. The zero-order chi connectivity index (χ0) is 14.3. The summed E-state index contributed by atoms with van der Waals surface area (Å²) in [6, 6.07) is 8.57. The third kappa shape index (κ3) is 4.97. The summed E-state index contributed by atoms with van der Waals surface area (Å²) >= 11 is 0. The van der Waals surface area contributed by atoms with Crippen molar-refractivity contribution in [1.82, 2.24) is 10.7 Å². The van der Waals surface area contributed by atoms with Gasteiger partial charge in [-0.1, -0.05) is 44.2 Å². The van der Waals surface area contributed by atoms with E-state index in [0.717, 1.165) is 5.56 Å². The Hall–Kier alpha value is -2.08. The normalized spacial score (nSPS) is 11.8. The Morgan fingerprint density at radius 2 is 1.89 bits per heavy atom. The van der Waals surface area contributed by atoms with Crippen molar-refractivity contribution in [1.29, 1.82) is 0 Å². The van der Waals surface area contributed by atoms with Gasteiger partial charge in [-0.2, -0.15) is 0 Å². The minimum Gasteiger partial charge on any atom is -0.445 e. The molecular weight excluding hydrogens is 246 g/mol. The maximum absolute atomic E-state index is 11.6. The second-order valence-electron chi connectivity index (χ2n) is 4.44. The summed E-state index contributed by atoms with van der Waals surface area (Å²) in [5.41, 5.74) is 2.89. The lowest BCUT2D eigenvalue weighted by atomic mass is 10.0. The predicted molar refractivity (Wildman–Crippen MR) is 70.7 cm³/mol. The van der Waals surface area contributed by atoms with Gasteiger partial charge in [-0.25, -0.2) is 10.6 Å². The molecule has 104 valence electrons. The van der Waals surface area contributed by atoms with Crippen LogP contribution < -0.4 is 16.6 Å². The highest BCUT2D eigenvalue weighted by Gasteiger charge is 2.23. The molecule has 1 rings (SSSR count). The van der Waals surface area contributed by atoms with E-state index in [9.17, 15) is 9.59 Å². The molecule has 2 amide bonds. The van der Waals surface area contributed by atoms with Crippen LogP contribution in [0.5, 0.6) is 0 Å². The Labute approximate surface area is 112 Å². The third-order valence-corrected chi connectivity index (χ3v) is 2.58. The van der Waals surface area contributed by atoms with Gasteiger partial charge in [0.1, 0.15) is 12.6 Å². The van der Waals surface area contributed by atoms with Gasteiger partial charge >= 0.3 is 6.09 Å². The fraction of sp³-hybridized carbons (Fsp3) is 0.385. The van der Waals surface area contributed by atoms with Gasteiger partial charge in [0, 0.05) is 0 Å². The van der Waals surface area contributed by atoms with Gasteiger partial charge in [0.2, 0.25) is 0 Å². The van der Waals surface area contributed by atoms with Crippen molar-refractivity contribution < 1.29 is 14.3 Å². The molecule has 0 aromatic heterocycles. The lowest BCUT2D eigenvalue weighted by Crippen LogP contribution is -2.51. The molecule has 6 heteroatoms. The van der Waals surface area contributed by atoms with Crippen molar-refractivity contribution in [2.45, 2.75) is 26.5 Å². The van der Waals surface area contributed by atoms with Crippen molar-refractivity contribution in [2.24, 2.45) is 11.8 Å². The molecule has 0 aliphatic rings. The number of rotatable bonds is 5. The Balaban J connectivity index is 2.47. The number of carbonyl (C=O) groups excluding carboxylic acids is 2. The summed E-state index contributed by atoms with van der Waals surface area (Å²) < 4.78 is 5.03. The molecular formula is C13H19N3O3. The Morgan fingerprint density at radius 1 is 1.26 bits per heavy atom. The molecule has 4 N–H and O–H groups in total. The number of nitrogens with one attached hydrogen (secondary N) is 2. The first-order chi connectivity index (χ1) is 9.04. The highest BCUT2D eigenvalue weighted by atomic mass is 16.5. The number of nitrogens with two attached hydrogens (primary N) is 1. The second kappa shape index (κ2) is 7.38. The van der Waals surface area contributed by atoms with Crippen molar-refractivity contribution >= 4 is 12.0 Å². The van der Waals surface area contributed by atoms with Crippen LogP contribution in [-0.2, 0) is 16.1 Å². The smallest absolute Gasteiger partial charge is 0.408 e. The molecule has 0 radical (unpaired) electrons. The van der Waals surface area contributed by atoms with Crippen LogP contribution in [0.15, 0.2) is 30.3 Å². The number of ether oxygens (including phenoxy) is 1. The van der Waals surface area contributed by atoms with Crippen molar-refractivity contribution in [3.8, 4) is 0 Å². The van der Waals surface area contributed by atoms with Crippen LogP contribution in [0, 0.1) is 5.92 Å². The molecule has 6 nitrogen and oxygen atoms in total. The van der Waals surface area contributed by atoms with E-state index in [1.807, 2.05) is 35.8 Å². The van der Waals surface area contributed by atoms with Gasteiger partial charge in [0.05, 0.1) is 0 Å². The topological polar surface area (TPSA) is 93.4 Å². The average molecular weight is 265 g/mol. The fourth-order valence-electron chi connectivity index (χ4n) is 1.52. The molecule has 0 spiro atoms. The number of carbonyl (C=O) groups is 2. The summed E-state index contributed by atoms with van der Waals surface area (Å²) in [5, 5.41) is 2.48. The number of benzene rings is 1. The summed E-state index contributed by atoms with van der Waals surface area (Å²) in [5.74, 6) is 4.52. The molecule has 0 bridgehead atoms. The summed E-state index contributed by atoms with van der Waals surface area (Å²) in [4.78, 5) is 23.1. The Morgan fingerprint density at radius 3 is 2.42 bits per heavy atom. The lowest BCUT2D eigenvalue weighted by Gasteiger charge is -2.20. The van der Waals surface area contributed by atoms with E-state index in [2.05, 4.69) is 5.32 Å². The van der Waals surface area contributed by atoms with Gasteiger partial charge in [-0.15, -0.1) is 0 Å². The summed E-state index contributed by atoms with van der Waals surface area (Å²) in [6.07, 6.45) is -0.647. The molecule has 1 aromatic rings. The first kappa shape index (κ1) is 15.0. The number of amides is 2. The molecule has 0 aliphatic carbocycles. The fourth-order valence-corrected chi connectivity index (χ4v) is 1.52. The van der Waals surface area contributed by atoms with E-state index >= 15 is 0 Å². The van der Waals surface area contributed by atoms with Crippen molar-refractivity contribution in [2.75, 3.05) is 0 Å². The molecule has 19 heavy (non-hydrogen) atoms. The molecule has 0 saturated heterocycles. The summed E-state index contributed by atoms with van der Waals surface area (Å²) in [6.45, 7) is 3.76. The third-order valence-electron chi connectivity index (χ3n) is 2.58. The minimum atomic E-state index is -0.715. The molecule has 0 aliphatic heterocycles. The summed E-state index contributed by atoms with van der Waals surface area (Å²) in [7, 11) is 0. The van der Waals surface area contributed by atoms with Gasteiger partial charge in [0.25, 0.3) is 5.91 Å². The van der Waals surface area contributed by atoms with Gasteiger partial charge < -0.3 is 10.1 Å². The van der Waals surface area contributed by atoms with E-state index in [0.29, 0.717) is 0 Å². The van der Waals surface area contributed by atoms with Crippen LogP contribution in [-0.4, -0.2) is 18.0 Å². The Kier molecular flexibility index (Phi) is 5.81. The highest BCUT2D eigenvalue weighted by Crippen LogP contribution is 2.04. The maximum Gasteiger partial charge on any atom is 0.408 e. The molecule has 1 unspecified atom stereocenters. The van der Waals surface area contributed by atoms with Crippen LogP contribution in [0.1, 0.15) is 19.4 Å². The number of hydrazine groups is 1. The zero-order valence-corrected chi connectivity index (χ0v) is 11.1. The average Bonchev–Trinajstić information content (AvgIpc) is 2.42. The van der Waals surface area contributed by atoms with E-state index in [1.165, 1.54) is 0 Å². The van der Waals surface area contributed by atoms with Crippen molar-refractivity contribution in [3.05, 3.63) is 35.9 Å². The van der Waals surface area contributed by atoms with E-state index in [1.54, 1.807) is 13.8 Å². The number of hydrogen-bond donors (Lipinski definition) is 3. The molecule has 1 atom stereocenters. The van der Waals surface area contributed by atoms with Crippen LogP contribution in [0.2, 0.25) is 0 Å². The second-order valence-corrected chi connectivity index (χ2v) is 4.44. The van der Waals surface area contributed by atoms with Gasteiger partial charge in [-0.3, -0.25) is 10.2 Å². The first-order valence-corrected chi connectivity index (χ1v) is 6.02. The SMILES string of the molecule is CC(C)C(NC(=O)OCc1ccccc1)C(=O)NN. The molecule has 1 aromatic carbocycles. The lowest BCUT2D eigenvalue weighted by molar-refractivity contribution is -0.124. The highest BCUT2D eigenvalue weighted by molar-refractivity contribution is 5.85. The van der Waals surface area contributed by atoms with Crippen LogP contribution in [0.25, 0.3) is 0 Å². The van der Waals surface area contributed by atoms with Crippen LogP contribution in [0.4, 0.5) is 4.79 Å². The molecule has 0 heterocycles. The monoisotopic (exact) mass is 265 g/mol. The van der Waals surface area contributed by atoms with Crippen LogP contribution in [0.3, 0.4) is 0 Å². The molecule has 0 saturated carbocycles. The van der Waals surface area contributed by atoms with Crippen molar-refractivity contribution in [3.63, 3.8) is 0 Å². The predicted octanol–water partition coefficient (Wildman–Crippen LogP) is 0.927. The Bertz CT molecular complexity index is 420. The van der Waals surface area contributed by atoms with Crippen LogP contribution >= 0.6 is 0 Å². The quantitative estimate of drug-likeness (QED) is 0.419. The number of hydrogen-bond acceptors (Lipinski definition) is 4. The standard InChI is InChI=1S/C13H19N3O3/c1-9(2)11(12(17)16-14)15-13(18)19-8-10-6-4-3-5-7-10/h3-7,9,11H,8,14H2,1-2H3,(H,15,18)(H,16,17). The first-order valence-electron chi connectivity index (χ1n) is 6.02. The van der Waals surface area contributed by atoms with Gasteiger partial charge in [-0.05, 0) is 11.5 Å². The van der Waals surface area contributed by atoms with E-state index in [-0.39, 0.29) is 12.5 Å². The zero-order valence-electron chi connectivity index (χ0n) is 11.1. The molecule has 0 fully saturated rings.